The minimum absolute atomic E-state index is 0.160. The number of carbonyl (C=O) groups is 1. The molecule has 0 unspecified atom stereocenters. The molecule has 0 radical (unpaired) electrons. The minimum Gasteiger partial charge on any atom is -0.322 e. The van der Waals surface area contributed by atoms with Crippen LogP contribution in [-0.4, -0.2) is 20.9 Å². The van der Waals surface area contributed by atoms with Gasteiger partial charge in [0, 0.05) is 22.0 Å². The van der Waals surface area contributed by atoms with E-state index in [1.807, 2.05) is 24.3 Å². The molecule has 1 amide bonds. The summed E-state index contributed by atoms with van der Waals surface area (Å²) in [6.07, 6.45) is 1.48. The van der Waals surface area contributed by atoms with Crippen molar-refractivity contribution in [1.82, 2.24) is 4.72 Å². The largest absolute Gasteiger partial charge is 0.322 e. The van der Waals surface area contributed by atoms with Crippen molar-refractivity contribution in [2.24, 2.45) is 0 Å². The molecule has 0 aliphatic heterocycles. The van der Waals surface area contributed by atoms with Crippen LogP contribution >= 0.6 is 11.8 Å². The van der Waals surface area contributed by atoms with Gasteiger partial charge < -0.3 is 5.32 Å². The topological polar surface area (TPSA) is 99.1 Å². The summed E-state index contributed by atoms with van der Waals surface area (Å²) >= 11 is 1.36. The van der Waals surface area contributed by atoms with Gasteiger partial charge in [-0.25, -0.2) is 13.1 Å². The summed E-state index contributed by atoms with van der Waals surface area (Å²) in [6.45, 7) is 3.66. The summed E-state index contributed by atoms with van der Waals surface area (Å²) in [7, 11) is -3.45. The molecule has 0 bridgehead atoms. The van der Waals surface area contributed by atoms with Gasteiger partial charge in [0.2, 0.25) is 10.0 Å². The summed E-state index contributed by atoms with van der Waals surface area (Å²) in [4.78, 5) is 14.4. The van der Waals surface area contributed by atoms with Crippen LogP contribution in [0.25, 0.3) is 0 Å². The number of rotatable bonds is 9. The number of nitrogens with one attached hydrogen (secondary N) is 2. The van der Waals surface area contributed by atoms with Gasteiger partial charge in [-0.15, -0.1) is 6.58 Å². The van der Waals surface area contributed by atoms with Gasteiger partial charge in [0.05, 0.1) is 16.9 Å². The fraction of sp³-hybridized carbons (Fsp3) is 0.0833. The van der Waals surface area contributed by atoms with Crippen molar-refractivity contribution in [3.8, 4) is 6.07 Å². The zero-order valence-corrected chi connectivity index (χ0v) is 18.7. The summed E-state index contributed by atoms with van der Waals surface area (Å²) < 4.78 is 26.4. The molecule has 3 aromatic carbocycles. The number of nitrogens with zero attached hydrogens (tertiary/aromatic N) is 1. The van der Waals surface area contributed by atoms with Crippen LogP contribution in [0, 0.1) is 11.3 Å². The van der Waals surface area contributed by atoms with Gasteiger partial charge in [0.1, 0.15) is 6.07 Å². The molecule has 0 saturated heterocycles. The van der Waals surface area contributed by atoms with Crippen LogP contribution in [0.2, 0.25) is 0 Å². The third kappa shape index (κ3) is 6.31. The first-order valence-electron chi connectivity index (χ1n) is 9.66. The minimum atomic E-state index is -3.45. The summed E-state index contributed by atoms with van der Waals surface area (Å²) in [5, 5.41) is 12.2. The van der Waals surface area contributed by atoms with Crippen LogP contribution in [0.5, 0.6) is 0 Å². The van der Waals surface area contributed by atoms with Crippen molar-refractivity contribution >= 4 is 33.4 Å². The van der Waals surface area contributed by atoms with Crippen molar-refractivity contribution in [1.29, 1.82) is 5.26 Å². The number of nitriles is 1. The van der Waals surface area contributed by atoms with Crippen LogP contribution < -0.4 is 10.0 Å². The quantitative estimate of drug-likeness (QED) is 0.453. The molecule has 0 fully saturated rings. The van der Waals surface area contributed by atoms with E-state index in [2.05, 4.69) is 22.7 Å². The monoisotopic (exact) mass is 463 g/mol. The molecule has 0 atom stereocenters. The molecule has 0 spiro atoms. The lowest BCUT2D eigenvalue weighted by molar-refractivity contribution is 0.102. The third-order valence-electron chi connectivity index (χ3n) is 4.38. The molecule has 32 heavy (non-hydrogen) atoms. The lowest BCUT2D eigenvalue weighted by atomic mass is 10.2. The number of amides is 1. The van der Waals surface area contributed by atoms with Crippen molar-refractivity contribution in [2.75, 3.05) is 11.9 Å². The molecular weight excluding hydrogens is 442 g/mol. The van der Waals surface area contributed by atoms with Gasteiger partial charge in [0.15, 0.2) is 0 Å². The van der Waals surface area contributed by atoms with E-state index >= 15 is 0 Å². The van der Waals surface area contributed by atoms with Gasteiger partial charge in [-0.3, -0.25) is 4.79 Å². The Labute approximate surface area is 192 Å². The molecule has 6 nitrogen and oxygen atoms in total. The lowest BCUT2D eigenvalue weighted by Crippen LogP contribution is -2.25. The zero-order chi connectivity index (χ0) is 23.0. The molecule has 3 rings (SSSR count). The molecule has 0 aromatic heterocycles. The predicted molar refractivity (Wildman–Crippen MR) is 127 cm³/mol. The van der Waals surface area contributed by atoms with Crippen molar-refractivity contribution < 1.29 is 13.2 Å². The molecule has 0 aliphatic carbocycles. The van der Waals surface area contributed by atoms with Crippen LogP contribution in [0.3, 0.4) is 0 Å². The molecule has 2 N–H and O–H groups in total. The molecule has 0 aliphatic rings. The average Bonchev–Trinajstić information content (AvgIpc) is 2.79. The molecule has 0 saturated carbocycles. The van der Waals surface area contributed by atoms with Crippen molar-refractivity contribution in [3.63, 3.8) is 0 Å². The van der Waals surface area contributed by atoms with Gasteiger partial charge in [0.25, 0.3) is 5.91 Å². The molecule has 8 heteroatoms. The second kappa shape index (κ2) is 10.8. The van der Waals surface area contributed by atoms with E-state index in [1.54, 1.807) is 48.5 Å². The zero-order valence-electron chi connectivity index (χ0n) is 17.1. The Bertz CT molecular complexity index is 1260. The molecule has 3 aromatic rings. The summed E-state index contributed by atoms with van der Waals surface area (Å²) in [5.74, 6) is -0.456. The number of anilines is 1. The maximum absolute atomic E-state index is 12.9. The van der Waals surface area contributed by atoms with Gasteiger partial charge >= 0.3 is 0 Å². The van der Waals surface area contributed by atoms with Crippen LogP contribution in [0.4, 0.5) is 5.69 Å². The number of benzene rings is 3. The Morgan fingerprint density at radius 2 is 1.66 bits per heavy atom. The Kier molecular flexibility index (Phi) is 7.84. The van der Waals surface area contributed by atoms with E-state index in [-0.39, 0.29) is 18.2 Å². The average molecular weight is 464 g/mol. The maximum Gasteiger partial charge on any atom is 0.256 e. The first-order chi connectivity index (χ1) is 15.4. The second-order valence-electron chi connectivity index (χ2n) is 6.75. The van der Waals surface area contributed by atoms with E-state index in [1.165, 1.54) is 17.8 Å². The fourth-order valence-electron chi connectivity index (χ4n) is 2.85. The summed E-state index contributed by atoms with van der Waals surface area (Å²) in [5.41, 5.74) is 2.17. The predicted octanol–water partition coefficient (Wildman–Crippen LogP) is 4.57. The van der Waals surface area contributed by atoms with Gasteiger partial charge in [-0.05, 0) is 42.0 Å². The molecule has 0 heterocycles. The normalized spacial score (nSPS) is 10.8. The lowest BCUT2D eigenvalue weighted by Gasteiger charge is -2.11. The van der Waals surface area contributed by atoms with Crippen molar-refractivity contribution in [2.45, 2.75) is 15.5 Å². The number of hydrogen-bond donors (Lipinski definition) is 2. The highest BCUT2D eigenvalue weighted by Gasteiger charge is 2.14. The highest BCUT2D eigenvalue weighted by atomic mass is 32.2. The Hall–Kier alpha value is -3.38. The third-order valence-corrected chi connectivity index (χ3v) is 6.85. The van der Waals surface area contributed by atoms with Crippen LogP contribution in [0.15, 0.2) is 95.2 Å². The second-order valence-corrected chi connectivity index (χ2v) is 9.64. The van der Waals surface area contributed by atoms with Gasteiger partial charge in [-0.1, -0.05) is 54.2 Å². The fourth-order valence-corrected chi connectivity index (χ4v) is 4.98. The van der Waals surface area contributed by atoms with Gasteiger partial charge in [-0.2, -0.15) is 5.26 Å². The summed E-state index contributed by atoms with van der Waals surface area (Å²) in [6, 6.07) is 23.2. The van der Waals surface area contributed by atoms with E-state index in [9.17, 15) is 18.5 Å². The van der Waals surface area contributed by atoms with E-state index in [0.29, 0.717) is 22.4 Å². The van der Waals surface area contributed by atoms with E-state index in [0.717, 1.165) is 9.79 Å². The van der Waals surface area contributed by atoms with E-state index < -0.39 is 10.0 Å². The van der Waals surface area contributed by atoms with Crippen molar-refractivity contribution in [3.05, 3.63) is 102 Å². The SMILES string of the molecule is C=CCNS(=O)(=O)Cc1ccc(NC(=O)c2ccccc2Sc2ccccc2C#N)cc1. The Balaban J connectivity index is 1.73. The number of hydrogen-bond acceptors (Lipinski definition) is 5. The maximum atomic E-state index is 12.9. The molecular formula is C24H21N3O3S2. The Morgan fingerprint density at radius 3 is 2.34 bits per heavy atom. The highest BCUT2D eigenvalue weighted by Crippen LogP contribution is 2.33. The standard InChI is InChI=1S/C24H21N3O3S2/c1-2-15-26-32(29,30)17-18-11-13-20(14-12-18)27-24(28)21-8-4-6-10-23(21)31-22-9-5-3-7-19(22)16-25/h2-14,26H,1,15,17H2,(H,27,28). The van der Waals surface area contributed by atoms with E-state index in [4.69, 9.17) is 0 Å². The number of carbonyl (C=O) groups excluding carboxylic acids is 1. The first kappa shape index (κ1) is 23.3. The number of sulfonamides is 1. The Morgan fingerprint density at radius 1 is 1.00 bits per heavy atom. The van der Waals surface area contributed by atoms with Crippen LogP contribution in [0.1, 0.15) is 21.5 Å². The highest BCUT2D eigenvalue weighted by molar-refractivity contribution is 7.99. The molecule has 162 valence electrons. The smallest absolute Gasteiger partial charge is 0.256 e. The first-order valence-corrected chi connectivity index (χ1v) is 12.1. The van der Waals surface area contributed by atoms with Crippen LogP contribution in [-0.2, 0) is 15.8 Å².